The summed E-state index contributed by atoms with van der Waals surface area (Å²) in [7, 11) is 0. The van der Waals surface area contributed by atoms with Crippen LogP contribution in [0.3, 0.4) is 0 Å². The molecular formula is C16H11NO2. The molecule has 0 aliphatic heterocycles. The third-order valence-corrected chi connectivity index (χ3v) is 2.45. The fraction of sp³-hybridized carbons (Fsp3) is 0. The summed E-state index contributed by atoms with van der Waals surface area (Å²) < 4.78 is 4.76. The van der Waals surface area contributed by atoms with Gasteiger partial charge in [-0.05, 0) is 23.3 Å². The van der Waals surface area contributed by atoms with E-state index in [1.807, 2.05) is 54.6 Å². The van der Waals surface area contributed by atoms with Crippen LogP contribution in [0.5, 0.6) is 5.75 Å². The molecule has 2 rings (SSSR count). The molecule has 0 aromatic heterocycles. The van der Waals surface area contributed by atoms with Crippen molar-refractivity contribution in [3.05, 3.63) is 65.7 Å². The van der Waals surface area contributed by atoms with Crippen molar-refractivity contribution in [3.63, 3.8) is 0 Å². The molecule has 0 fully saturated rings. The molecule has 3 nitrogen and oxygen atoms in total. The van der Waals surface area contributed by atoms with Gasteiger partial charge in [0.05, 0.1) is 0 Å². The van der Waals surface area contributed by atoms with Crippen LogP contribution in [-0.2, 0) is 4.79 Å². The predicted octanol–water partition coefficient (Wildman–Crippen LogP) is 3.29. The molecule has 92 valence electrons. The number of ether oxygens (including phenoxy) is 1. The molecule has 3 heteroatoms. The van der Waals surface area contributed by atoms with Crippen molar-refractivity contribution in [3.8, 4) is 11.8 Å². The third-order valence-electron chi connectivity index (χ3n) is 2.45. The molecule has 0 N–H and O–H groups in total. The van der Waals surface area contributed by atoms with Crippen LogP contribution in [0.25, 0.3) is 12.2 Å². The number of hydrogen-bond acceptors (Lipinski definition) is 3. The number of nitriles is 1. The van der Waals surface area contributed by atoms with Crippen LogP contribution in [-0.4, -0.2) is 5.97 Å². The maximum Gasteiger partial charge on any atom is 0.416 e. The maximum atomic E-state index is 10.8. The lowest BCUT2D eigenvalue weighted by Gasteiger charge is -1.99. The normalized spacial score (nSPS) is 10.1. The van der Waals surface area contributed by atoms with Crippen LogP contribution in [0.1, 0.15) is 11.1 Å². The van der Waals surface area contributed by atoms with Gasteiger partial charge in [0, 0.05) is 0 Å². The van der Waals surface area contributed by atoms with Gasteiger partial charge in [-0.3, -0.25) is 0 Å². The first-order valence-corrected chi connectivity index (χ1v) is 5.73. The number of carbonyl (C=O) groups is 1. The van der Waals surface area contributed by atoms with E-state index in [1.54, 1.807) is 12.1 Å². The lowest BCUT2D eigenvalue weighted by Crippen LogP contribution is -2.03. The molecule has 0 saturated heterocycles. The number of hydrogen-bond donors (Lipinski definition) is 0. The lowest BCUT2D eigenvalue weighted by molar-refractivity contribution is -0.128. The molecule has 0 aliphatic carbocycles. The van der Waals surface area contributed by atoms with Crippen LogP contribution in [0.15, 0.2) is 54.6 Å². The van der Waals surface area contributed by atoms with Gasteiger partial charge in [0.2, 0.25) is 0 Å². The number of esters is 1. The minimum Gasteiger partial charge on any atom is -0.415 e. The van der Waals surface area contributed by atoms with E-state index in [-0.39, 0.29) is 0 Å². The molecular weight excluding hydrogens is 238 g/mol. The van der Waals surface area contributed by atoms with Gasteiger partial charge in [0.1, 0.15) is 5.75 Å². The summed E-state index contributed by atoms with van der Waals surface area (Å²) in [6.45, 7) is 0. The molecule has 0 bridgehead atoms. The molecule has 0 aliphatic rings. The van der Waals surface area contributed by atoms with Crippen LogP contribution in [0.4, 0.5) is 0 Å². The molecule has 0 spiro atoms. The second kappa shape index (κ2) is 6.18. The Morgan fingerprint density at radius 2 is 1.53 bits per heavy atom. The van der Waals surface area contributed by atoms with Crippen molar-refractivity contribution >= 4 is 18.1 Å². The molecule has 19 heavy (non-hydrogen) atoms. The smallest absolute Gasteiger partial charge is 0.415 e. The van der Waals surface area contributed by atoms with Crippen molar-refractivity contribution < 1.29 is 9.53 Å². The molecule has 0 atom stereocenters. The summed E-state index contributed by atoms with van der Waals surface area (Å²) in [4.78, 5) is 10.8. The Hall–Kier alpha value is -2.86. The first kappa shape index (κ1) is 12.6. The van der Waals surface area contributed by atoms with E-state index in [4.69, 9.17) is 10.00 Å². The minimum atomic E-state index is -0.910. The monoisotopic (exact) mass is 249 g/mol. The van der Waals surface area contributed by atoms with Gasteiger partial charge >= 0.3 is 5.97 Å². The number of rotatable bonds is 3. The standard InChI is InChI=1S/C16H11NO2/c17-12-16(18)19-15-10-8-14(9-11-15)7-6-13-4-2-1-3-5-13/h1-11H. The zero-order valence-electron chi connectivity index (χ0n) is 10.1. The molecule has 0 radical (unpaired) electrons. The van der Waals surface area contributed by atoms with Crippen LogP contribution < -0.4 is 4.74 Å². The fourth-order valence-electron chi connectivity index (χ4n) is 1.53. The van der Waals surface area contributed by atoms with Gasteiger partial charge < -0.3 is 4.74 Å². The molecule has 2 aromatic carbocycles. The molecule has 0 heterocycles. The van der Waals surface area contributed by atoms with Gasteiger partial charge in [-0.15, -0.1) is 0 Å². The largest absolute Gasteiger partial charge is 0.416 e. The number of benzene rings is 2. The highest BCUT2D eigenvalue weighted by Gasteiger charge is 2.01. The average molecular weight is 249 g/mol. The van der Waals surface area contributed by atoms with E-state index in [9.17, 15) is 4.79 Å². The van der Waals surface area contributed by atoms with Gasteiger partial charge in [-0.25, -0.2) is 4.79 Å². The number of carbonyl (C=O) groups excluding carboxylic acids is 1. The zero-order chi connectivity index (χ0) is 13.5. The van der Waals surface area contributed by atoms with E-state index in [1.165, 1.54) is 6.07 Å². The molecule has 0 saturated carbocycles. The highest BCUT2D eigenvalue weighted by molar-refractivity contribution is 5.87. The molecule has 0 unspecified atom stereocenters. The third kappa shape index (κ3) is 3.83. The van der Waals surface area contributed by atoms with Crippen molar-refractivity contribution in [2.75, 3.05) is 0 Å². The van der Waals surface area contributed by atoms with E-state index >= 15 is 0 Å². The summed E-state index contributed by atoms with van der Waals surface area (Å²) in [5.41, 5.74) is 2.10. The quantitative estimate of drug-likeness (QED) is 0.363. The summed E-state index contributed by atoms with van der Waals surface area (Å²) in [6.07, 6.45) is 3.96. The second-order valence-electron chi connectivity index (χ2n) is 3.81. The van der Waals surface area contributed by atoms with Crippen LogP contribution >= 0.6 is 0 Å². The fourth-order valence-corrected chi connectivity index (χ4v) is 1.53. The van der Waals surface area contributed by atoms with Gasteiger partial charge in [-0.2, -0.15) is 5.26 Å². The second-order valence-corrected chi connectivity index (χ2v) is 3.81. The Morgan fingerprint density at radius 3 is 2.11 bits per heavy atom. The average Bonchev–Trinajstić information content (AvgIpc) is 2.47. The van der Waals surface area contributed by atoms with Crippen molar-refractivity contribution in [2.24, 2.45) is 0 Å². The first-order valence-electron chi connectivity index (χ1n) is 5.73. The summed E-state index contributed by atoms with van der Waals surface area (Å²) in [6, 6.07) is 18.3. The van der Waals surface area contributed by atoms with Crippen molar-refractivity contribution in [1.29, 1.82) is 5.26 Å². The van der Waals surface area contributed by atoms with Crippen LogP contribution in [0.2, 0.25) is 0 Å². The molecule has 2 aromatic rings. The first-order chi connectivity index (χ1) is 9.28. The highest BCUT2D eigenvalue weighted by Crippen LogP contribution is 2.14. The van der Waals surface area contributed by atoms with E-state index in [0.717, 1.165) is 11.1 Å². The Kier molecular flexibility index (Phi) is 4.09. The summed E-state index contributed by atoms with van der Waals surface area (Å²) in [5, 5.41) is 8.33. The van der Waals surface area contributed by atoms with Crippen molar-refractivity contribution in [1.82, 2.24) is 0 Å². The van der Waals surface area contributed by atoms with E-state index in [0.29, 0.717) is 5.75 Å². The molecule has 0 amide bonds. The van der Waals surface area contributed by atoms with Gasteiger partial charge in [-0.1, -0.05) is 54.6 Å². The topological polar surface area (TPSA) is 50.1 Å². The van der Waals surface area contributed by atoms with Gasteiger partial charge in [0.25, 0.3) is 0 Å². The Bertz CT molecular complexity index is 622. The summed E-state index contributed by atoms with van der Waals surface area (Å²) in [5.74, 6) is -0.545. The lowest BCUT2D eigenvalue weighted by atomic mass is 10.1. The van der Waals surface area contributed by atoms with Crippen LogP contribution in [0, 0.1) is 11.3 Å². The summed E-state index contributed by atoms with van der Waals surface area (Å²) >= 11 is 0. The van der Waals surface area contributed by atoms with Gasteiger partial charge in [0.15, 0.2) is 6.07 Å². The Labute approximate surface area is 111 Å². The zero-order valence-corrected chi connectivity index (χ0v) is 10.1. The predicted molar refractivity (Wildman–Crippen MR) is 73.1 cm³/mol. The highest BCUT2D eigenvalue weighted by atomic mass is 16.5. The SMILES string of the molecule is N#CC(=O)Oc1ccc(C=Cc2ccccc2)cc1. The number of nitrogens with zero attached hydrogens (tertiary/aromatic N) is 1. The van der Waals surface area contributed by atoms with E-state index < -0.39 is 5.97 Å². The van der Waals surface area contributed by atoms with Crippen molar-refractivity contribution in [2.45, 2.75) is 0 Å². The minimum absolute atomic E-state index is 0.364. The Balaban J connectivity index is 2.05. The Morgan fingerprint density at radius 1 is 0.947 bits per heavy atom. The van der Waals surface area contributed by atoms with E-state index in [2.05, 4.69) is 0 Å². The maximum absolute atomic E-state index is 10.8.